The monoisotopic (exact) mass is 167 g/mol. The van der Waals surface area contributed by atoms with Gasteiger partial charge in [-0.05, 0) is 12.8 Å². The van der Waals surface area contributed by atoms with Crippen molar-refractivity contribution in [3.05, 3.63) is 16.1 Å². The molecule has 1 rings (SSSR count). The summed E-state index contributed by atoms with van der Waals surface area (Å²) >= 11 is 1.45. The topological polar surface area (TPSA) is 50.2 Å². The largest absolute Gasteiger partial charge is 0.472 e. The van der Waals surface area contributed by atoms with Gasteiger partial charge in [-0.15, -0.1) is 11.3 Å². The normalized spacial score (nSPS) is 8.45. The van der Waals surface area contributed by atoms with Gasteiger partial charge in [0.15, 0.2) is 0 Å². The molecule has 1 heterocycles. The zero-order valence-corrected chi connectivity index (χ0v) is 6.60. The molecule has 3 nitrogen and oxygen atoms in total. The summed E-state index contributed by atoms with van der Waals surface area (Å²) in [5.74, 6) is 3.27. The number of thiazole rings is 1. The van der Waals surface area contributed by atoms with Gasteiger partial charge in [0.25, 0.3) is 0 Å². The number of carbonyl (C=O) groups is 1. The van der Waals surface area contributed by atoms with Crippen molar-refractivity contribution in [1.82, 2.24) is 4.98 Å². The summed E-state index contributed by atoms with van der Waals surface area (Å²) in [6, 6.07) is 0. The van der Waals surface area contributed by atoms with Gasteiger partial charge in [-0.1, -0.05) is 0 Å². The Morgan fingerprint density at radius 3 is 3.00 bits per heavy atom. The molecule has 0 aliphatic carbocycles. The molecule has 0 unspecified atom stereocenters. The van der Waals surface area contributed by atoms with E-state index in [-0.39, 0.29) is 0 Å². The van der Waals surface area contributed by atoms with Crippen molar-refractivity contribution in [2.45, 2.75) is 6.92 Å². The molecule has 0 aromatic carbocycles. The minimum Gasteiger partial charge on any atom is -0.472 e. The fourth-order valence-electron chi connectivity index (χ4n) is 0.538. The van der Waals surface area contributed by atoms with E-state index in [1.807, 2.05) is 12.8 Å². The highest BCUT2D eigenvalue weighted by molar-refractivity contribution is 7.09. The Balaban J connectivity index is 2.82. The molecule has 0 spiro atoms. The summed E-state index contributed by atoms with van der Waals surface area (Å²) in [5, 5.41) is 10.8. The number of carboxylic acid groups (broad SMARTS) is 1. The molecule has 0 atom stereocenters. The number of aliphatic carboxylic acids is 1. The van der Waals surface area contributed by atoms with Crippen LogP contribution in [0.25, 0.3) is 0 Å². The summed E-state index contributed by atoms with van der Waals surface area (Å²) in [4.78, 5) is 13.9. The lowest BCUT2D eigenvalue weighted by Crippen LogP contribution is -1.87. The second kappa shape index (κ2) is 3.17. The van der Waals surface area contributed by atoms with Crippen LogP contribution in [0.3, 0.4) is 0 Å². The fraction of sp³-hybridized carbons (Fsp3) is 0.143. The lowest BCUT2D eigenvalue weighted by atomic mass is 10.5. The van der Waals surface area contributed by atoms with E-state index >= 15 is 0 Å². The number of nitrogens with zero attached hydrogens (tertiary/aromatic N) is 1. The summed E-state index contributed by atoms with van der Waals surface area (Å²) in [6.45, 7) is 1.84. The highest BCUT2D eigenvalue weighted by atomic mass is 32.1. The number of hydrogen-bond acceptors (Lipinski definition) is 3. The third-order valence-corrected chi connectivity index (χ3v) is 1.69. The van der Waals surface area contributed by atoms with Crippen LogP contribution in [-0.2, 0) is 4.79 Å². The highest BCUT2D eigenvalue weighted by Gasteiger charge is 1.92. The summed E-state index contributed by atoms with van der Waals surface area (Å²) < 4.78 is 0. The smallest absolute Gasteiger partial charge is 0.382 e. The first-order valence-corrected chi connectivity index (χ1v) is 3.73. The molecule has 0 bridgehead atoms. The van der Waals surface area contributed by atoms with Gasteiger partial charge in [0.2, 0.25) is 0 Å². The first-order chi connectivity index (χ1) is 5.18. The summed E-state index contributed by atoms with van der Waals surface area (Å²) in [7, 11) is 0. The van der Waals surface area contributed by atoms with Crippen LogP contribution in [0.2, 0.25) is 0 Å². The number of carboxylic acids is 1. The van der Waals surface area contributed by atoms with Gasteiger partial charge in [0.05, 0.1) is 5.01 Å². The zero-order chi connectivity index (χ0) is 8.27. The van der Waals surface area contributed by atoms with E-state index in [2.05, 4.69) is 10.9 Å². The van der Waals surface area contributed by atoms with E-state index < -0.39 is 5.97 Å². The van der Waals surface area contributed by atoms with Crippen LogP contribution < -0.4 is 0 Å². The molecular formula is C7H5NO2S. The standard InChI is InChI=1S/C7H5NO2S/c1-5-8-6(4-11-5)2-3-7(9)10/h4H,1H3,(H,9,10). The molecule has 1 N–H and O–H groups in total. The molecule has 0 fully saturated rings. The third-order valence-electron chi connectivity index (χ3n) is 0.917. The number of aromatic nitrogens is 1. The van der Waals surface area contributed by atoms with Crippen molar-refractivity contribution in [2.24, 2.45) is 0 Å². The van der Waals surface area contributed by atoms with E-state index in [1.165, 1.54) is 11.3 Å². The van der Waals surface area contributed by atoms with Crippen molar-refractivity contribution in [2.75, 3.05) is 0 Å². The Morgan fingerprint density at radius 1 is 1.82 bits per heavy atom. The van der Waals surface area contributed by atoms with E-state index in [0.29, 0.717) is 5.69 Å². The second-order valence-electron chi connectivity index (χ2n) is 1.81. The van der Waals surface area contributed by atoms with Gasteiger partial charge in [0.1, 0.15) is 5.69 Å². The Bertz CT molecular complexity index is 332. The van der Waals surface area contributed by atoms with Gasteiger partial charge in [-0.25, -0.2) is 9.78 Å². The van der Waals surface area contributed by atoms with Crippen LogP contribution in [-0.4, -0.2) is 16.1 Å². The Morgan fingerprint density at radius 2 is 2.55 bits per heavy atom. The van der Waals surface area contributed by atoms with Gasteiger partial charge in [0, 0.05) is 11.3 Å². The van der Waals surface area contributed by atoms with E-state index in [1.54, 1.807) is 5.38 Å². The van der Waals surface area contributed by atoms with Crippen LogP contribution >= 0.6 is 11.3 Å². The first kappa shape index (κ1) is 7.76. The van der Waals surface area contributed by atoms with E-state index in [9.17, 15) is 4.79 Å². The third kappa shape index (κ3) is 2.40. The van der Waals surface area contributed by atoms with Gasteiger partial charge >= 0.3 is 5.97 Å². The molecule has 0 saturated carbocycles. The zero-order valence-electron chi connectivity index (χ0n) is 5.79. The van der Waals surface area contributed by atoms with Crippen molar-refractivity contribution >= 4 is 17.3 Å². The Kier molecular flexibility index (Phi) is 2.24. The quantitative estimate of drug-likeness (QED) is 0.584. The van der Waals surface area contributed by atoms with Crippen LogP contribution in [0.4, 0.5) is 0 Å². The average Bonchev–Trinajstić information content (AvgIpc) is 2.31. The van der Waals surface area contributed by atoms with Crippen molar-refractivity contribution in [1.29, 1.82) is 0 Å². The van der Waals surface area contributed by atoms with Gasteiger partial charge < -0.3 is 5.11 Å². The molecular weight excluding hydrogens is 162 g/mol. The summed E-state index contributed by atoms with van der Waals surface area (Å²) in [6.07, 6.45) is 0. The predicted octanol–water partition coefficient (Wildman–Crippen LogP) is 0.888. The average molecular weight is 167 g/mol. The highest BCUT2D eigenvalue weighted by Crippen LogP contribution is 2.05. The van der Waals surface area contributed by atoms with Crippen LogP contribution in [0.15, 0.2) is 5.38 Å². The molecule has 0 amide bonds. The maximum Gasteiger partial charge on any atom is 0.382 e. The van der Waals surface area contributed by atoms with E-state index in [4.69, 9.17) is 5.11 Å². The van der Waals surface area contributed by atoms with E-state index in [0.717, 1.165) is 5.01 Å². The molecule has 56 valence electrons. The van der Waals surface area contributed by atoms with Gasteiger partial charge in [-0.2, -0.15) is 0 Å². The van der Waals surface area contributed by atoms with Crippen molar-refractivity contribution in [3.63, 3.8) is 0 Å². The Labute approximate surface area is 67.7 Å². The molecule has 11 heavy (non-hydrogen) atoms. The second-order valence-corrected chi connectivity index (χ2v) is 2.87. The molecule has 0 radical (unpaired) electrons. The lowest BCUT2D eigenvalue weighted by Gasteiger charge is -1.74. The van der Waals surface area contributed by atoms with Gasteiger partial charge in [-0.3, -0.25) is 0 Å². The Hall–Kier alpha value is -1.34. The van der Waals surface area contributed by atoms with Crippen LogP contribution in [0.5, 0.6) is 0 Å². The lowest BCUT2D eigenvalue weighted by molar-refractivity contribution is -0.130. The predicted molar refractivity (Wildman–Crippen MR) is 41.4 cm³/mol. The molecule has 0 aliphatic rings. The van der Waals surface area contributed by atoms with Crippen LogP contribution in [0, 0.1) is 18.8 Å². The SMILES string of the molecule is Cc1nc(C#CC(=O)O)cs1. The maximum atomic E-state index is 9.98. The molecule has 0 aliphatic heterocycles. The summed E-state index contributed by atoms with van der Waals surface area (Å²) in [5.41, 5.74) is 0.523. The fourth-order valence-corrected chi connectivity index (χ4v) is 1.08. The number of hydrogen-bond donors (Lipinski definition) is 1. The number of aryl methyl sites for hydroxylation is 1. The van der Waals surface area contributed by atoms with Crippen molar-refractivity contribution < 1.29 is 9.90 Å². The molecule has 4 heteroatoms. The molecule has 1 aromatic rings. The molecule has 0 saturated heterocycles. The van der Waals surface area contributed by atoms with Crippen molar-refractivity contribution in [3.8, 4) is 11.8 Å². The minimum atomic E-state index is -1.13. The first-order valence-electron chi connectivity index (χ1n) is 2.85. The molecule has 1 aromatic heterocycles. The van der Waals surface area contributed by atoms with Crippen LogP contribution in [0.1, 0.15) is 10.7 Å². The number of rotatable bonds is 0. The maximum absolute atomic E-state index is 9.98. The minimum absolute atomic E-state index is 0.523.